The molecule has 0 aliphatic carbocycles. The Labute approximate surface area is 89.6 Å². The van der Waals surface area contributed by atoms with Crippen LogP contribution >= 0.6 is 0 Å². The minimum Gasteiger partial charge on any atom is -0.378 e. The zero-order valence-corrected chi connectivity index (χ0v) is 9.23. The summed E-state index contributed by atoms with van der Waals surface area (Å²) in [5.74, 6) is -0.614. The van der Waals surface area contributed by atoms with Crippen molar-refractivity contribution >= 4 is 11.8 Å². The van der Waals surface area contributed by atoms with E-state index in [1.54, 1.807) is 0 Å². The van der Waals surface area contributed by atoms with Gasteiger partial charge in [-0.25, -0.2) is 0 Å². The molecule has 1 aliphatic rings. The van der Waals surface area contributed by atoms with Crippen LogP contribution in [0.4, 0.5) is 0 Å². The highest BCUT2D eigenvalue weighted by molar-refractivity contribution is 5.85. The number of ether oxygens (including phenoxy) is 1. The van der Waals surface area contributed by atoms with Gasteiger partial charge in [0.1, 0.15) is 0 Å². The Balaban J connectivity index is 2.53. The van der Waals surface area contributed by atoms with E-state index < -0.39 is 5.91 Å². The Morgan fingerprint density at radius 3 is 2.60 bits per heavy atom. The maximum Gasteiger partial charge on any atom is 0.237 e. The van der Waals surface area contributed by atoms with Gasteiger partial charge < -0.3 is 15.4 Å². The van der Waals surface area contributed by atoms with E-state index in [4.69, 9.17) is 10.5 Å². The van der Waals surface area contributed by atoms with Crippen LogP contribution in [0.2, 0.25) is 0 Å². The van der Waals surface area contributed by atoms with E-state index in [1.165, 1.54) is 4.90 Å². The fourth-order valence-electron chi connectivity index (χ4n) is 1.78. The normalized spacial score (nSPS) is 25.2. The molecule has 1 aliphatic heterocycles. The third-order valence-electron chi connectivity index (χ3n) is 2.59. The van der Waals surface area contributed by atoms with E-state index in [-0.39, 0.29) is 24.5 Å². The van der Waals surface area contributed by atoms with Gasteiger partial charge in [0.05, 0.1) is 25.2 Å². The first-order chi connectivity index (χ1) is 7.04. The Bertz CT molecular complexity index is 255. The molecule has 0 spiro atoms. The number of carbonyl (C=O) groups excluding carboxylic acids is 2. The topological polar surface area (TPSA) is 72.6 Å². The summed E-state index contributed by atoms with van der Waals surface area (Å²) in [6, 6.07) is 0. The molecule has 0 saturated carbocycles. The lowest BCUT2D eigenvalue weighted by Crippen LogP contribution is -2.41. The smallest absolute Gasteiger partial charge is 0.237 e. The van der Waals surface area contributed by atoms with Crippen molar-refractivity contribution in [3.63, 3.8) is 0 Å². The molecule has 86 valence electrons. The highest BCUT2D eigenvalue weighted by Gasteiger charge is 2.31. The van der Waals surface area contributed by atoms with Gasteiger partial charge in [0, 0.05) is 6.54 Å². The van der Waals surface area contributed by atoms with Gasteiger partial charge in [-0.3, -0.25) is 9.59 Å². The van der Waals surface area contributed by atoms with Crippen molar-refractivity contribution in [2.24, 2.45) is 11.7 Å². The molecule has 0 radical (unpaired) electrons. The number of nitrogens with zero attached hydrogens (tertiary/aromatic N) is 1. The Kier molecular flexibility index (Phi) is 4.08. The lowest BCUT2D eigenvalue weighted by Gasteiger charge is -2.21. The molecule has 2 unspecified atom stereocenters. The van der Waals surface area contributed by atoms with Gasteiger partial charge in [-0.1, -0.05) is 0 Å². The molecule has 0 aromatic rings. The molecular formula is C10H18N2O3. The number of likely N-dealkylation sites (N-methyl/N-ethyl adjacent to an activating group) is 1. The summed E-state index contributed by atoms with van der Waals surface area (Å²) in [7, 11) is 0. The number of amides is 2. The third kappa shape index (κ3) is 3.20. The zero-order valence-electron chi connectivity index (χ0n) is 9.23. The molecular weight excluding hydrogens is 196 g/mol. The maximum atomic E-state index is 11.9. The summed E-state index contributed by atoms with van der Waals surface area (Å²) in [6.07, 6.45) is 0.861. The van der Waals surface area contributed by atoms with Crippen molar-refractivity contribution in [3.8, 4) is 0 Å². The van der Waals surface area contributed by atoms with Crippen molar-refractivity contribution < 1.29 is 14.3 Å². The molecule has 2 N–H and O–H groups in total. The molecule has 1 saturated heterocycles. The first-order valence-corrected chi connectivity index (χ1v) is 5.23. The summed E-state index contributed by atoms with van der Waals surface area (Å²) in [6.45, 7) is 4.74. The molecule has 1 heterocycles. The van der Waals surface area contributed by atoms with Gasteiger partial charge in [0.15, 0.2) is 0 Å². The minimum atomic E-state index is -0.475. The third-order valence-corrected chi connectivity index (χ3v) is 2.59. The van der Waals surface area contributed by atoms with Crippen LogP contribution in [0.1, 0.15) is 20.3 Å². The van der Waals surface area contributed by atoms with Crippen LogP contribution in [0.25, 0.3) is 0 Å². The second kappa shape index (κ2) is 5.11. The number of primary amides is 1. The summed E-state index contributed by atoms with van der Waals surface area (Å²) >= 11 is 0. The van der Waals surface area contributed by atoms with E-state index in [0.29, 0.717) is 13.2 Å². The van der Waals surface area contributed by atoms with E-state index in [0.717, 1.165) is 6.42 Å². The van der Waals surface area contributed by atoms with E-state index in [1.807, 2.05) is 13.8 Å². The molecule has 5 nitrogen and oxygen atoms in total. The van der Waals surface area contributed by atoms with Crippen molar-refractivity contribution in [3.05, 3.63) is 0 Å². The van der Waals surface area contributed by atoms with Gasteiger partial charge in [-0.15, -0.1) is 0 Å². The second-order valence-electron chi connectivity index (χ2n) is 3.90. The molecule has 5 heteroatoms. The monoisotopic (exact) mass is 214 g/mol. The van der Waals surface area contributed by atoms with Crippen LogP contribution in [0.5, 0.6) is 0 Å². The molecule has 1 fully saturated rings. The summed E-state index contributed by atoms with van der Waals surface area (Å²) < 4.78 is 5.32. The molecule has 2 atom stereocenters. The first-order valence-electron chi connectivity index (χ1n) is 5.23. The van der Waals surface area contributed by atoms with Crippen LogP contribution in [0, 0.1) is 5.92 Å². The van der Waals surface area contributed by atoms with Gasteiger partial charge in [-0.05, 0) is 20.3 Å². The Morgan fingerprint density at radius 2 is 2.20 bits per heavy atom. The lowest BCUT2D eigenvalue weighted by atomic mass is 10.0. The molecule has 1 rings (SSSR count). The molecule has 0 aromatic heterocycles. The van der Waals surface area contributed by atoms with Crippen molar-refractivity contribution in [1.29, 1.82) is 0 Å². The summed E-state index contributed by atoms with van der Waals surface area (Å²) in [5.41, 5.74) is 5.07. The average molecular weight is 214 g/mol. The van der Waals surface area contributed by atoms with E-state index >= 15 is 0 Å². The Morgan fingerprint density at radius 1 is 1.53 bits per heavy atom. The van der Waals surface area contributed by atoms with Crippen LogP contribution in [0.15, 0.2) is 0 Å². The van der Waals surface area contributed by atoms with Crippen LogP contribution in [0.3, 0.4) is 0 Å². The zero-order chi connectivity index (χ0) is 11.4. The predicted molar refractivity (Wildman–Crippen MR) is 55.0 cm³/mol. The largest absolute Gasteiger partial charge is 0.378 e. The highest BCUT2D eigenvalue weighted by atomic mass is 16.5. The van der Waals surface area contributed by atoms with Gasteiger partial charge in [0.2, 0.25) is 11.8 Å². The van der Waals surface area contributed by atoms with Crippen molar-refractivity contribution in [2.75, 3.05) is 19.7 Å². The quantitative estimate of drug-likeness (QED) is 0.701. The highest BCUT2D eigenvalue weighted by Crippen LogP contribution is 2.20. The number of hydrogen-bond donors (Lipinski definition) is 1. The maximum absolute atomic E-state index is 11.9. The lowest BCUT2D eigenvalue weighted by molar-refractivity contribution is -0.138. The van der Waals surface area contributed by atoms with Gasteiger partial charge in [-0.2, -0.15) is 0 Å². The first kappa shape index (κ1) is 12.0. The van der Waals surface area contributed by atoms with Gasteiger partial charge in [0.25, 0.3) is 0 Å². The van der Waals surface area contributed by atoms with E-state index in [2.05, 4.69) is 0 Å². The second-order valence-corrected chi connectivity index (χ2v) is 3.90. The SMILES string of the molecule is CCN(CC(N)=O)C(=O)C1COC(C)C1. The fourth-order valence-corrected chi connectivity index (χ4v) is 1.78. The van der Waals surface area contributed by atoms with Crippen LogP contribution in [-0.4, -0.2) is 42.5 Å². The van der Waals surface area contributed by atoms with Crippen molar-refractivity contribution in [1.82, 2.24) is 4.90 Å². The molecule has 15 heavy (non-hydrogen) atoms. The van der Waals surface area contributed by atoms with Crippen LogP contribution in [-0.2, 0) is 14.3 Å². The number of nitrogens with two attached hydrogens (primary N) is 1. The Hall–Kier alpha value is -1.10. The molecule has 0 bridgehead atoms. The molecule has 2 amide bonds. The summed E-state index contributed by atoms with van der Waals surface area (Å²) in [4.78, 5) is 24.1. The standard InChI is InChI=1S/C10H18N2O3/c1-3-12(5-9(11)13)10(14)8-4-7(2)15-6-8/h7-8H,3-6H2,1-2H3,(H2,11,13). The minimum absolute atomic E-state index is 0.000213. The average Bonchev–Trinajstić information content (AvgIpc) is 2.60. The molecule has 0 aromatic carbocycles. The fraction of sp³-hybridized carbons (Fsp3) is 0.800. The summed E-state index contributed by atoms with van der Waals surface area (Å²) in [5, 5.41) is 0. The number of rotatable bonds is 4. The van der Waals surface area contributed by atoms with Gasteiger partial charge >= 0.3 is 0 Å². The number of hydrogen-bond acceptors (Lipinski definition) is 3. The van der Waals surface area contributed by atoms with Crippen molar-refractivity contribution in [2.45, 2.75) is 26.4 Å². The number of carbonyl (C=O) groups is 2. The van der Waals surface area contributed by atoms with Crippen LogP contribution < -0.4 is 5.73 Å². The van der Waals surface area contributed by atoms with E-state index in [9.17, 15) is 9.59 Å². The predicted octanol–water partition coefficient (Wildman–Crippen LogP) is -0.255.